The number of nitrogens with one attached hydrogen (secondary N) is 1. The van der Waals surface area contributed by atoms with Crippen molar-refractivity contribution >= 4 is 5.69 Å². The van der Waals surface area contributed by atoms with Crippen LogP contribution in [0.3, 0.4) is 0 Å². The van der Waals surface area contributed by atoms with E-state index in [9.17, 15) is 0 Å². The molecule has 2 rings (SSSR count). The van der Waals surface area contributed by atoms with Crippen LogP contribution < -0.4 is 10.2 Å². The third-order valence-electron chi connectivity index (χ3n) is 4.02. The first kappa shape index (κ1) is 16.2. The Labute approximate surface area is 128 Å². The number of rotatable bonds is 4. The van der Waals surface area contributed by atoms with Gasteiger partial charge in [0, 0.05) is 55.4 Å². The van der Waals surface area contributed by atoms with E-state index >= 15 is 0 Å². The third-order valence-corrected chi connectivity index (χ3v) is 4.02. The Morgan fingerprint density at radius 1 is 1.33 bits per heavy atom. The Morgan fingerprint density at radius 2 is 2.00 bits per heavy atom. The molecule has 1 fully saturated rings. The Bertz CT molecular complexity index is 460. The van der Waals surface area contributed by atoms with Crippen molar-refractivity contribution in [2.45, 2.75) is 58.7 Å². The van der Waals surface area contributed by atoms with Crippen molar-refractivity contribution in [3.8, 4) is 0 Å². The van der Waals surface area contributed by atoms with Gasteiger partial charge in [-0.25, -0.2) is 0 Å². The molecule has 1 aromatic rings. The van der Waals surface area contributed by atoms with Gasteiger partial charge in [-0.2, -0.15) is 0 Å². The highest BCUT2D eigenvalue weighted by atomic mass is 16.5. The summed E-state index contributed by atoms with van der Waals surface area (Å²) in [6, 6.07) is 2.22. The molecule has 1 N–H and O–H groups in total. The van der Waals surface area contributed by atoms with Crippen molar-refractivity contribution < 1.29 is 4.74 Å². The molecule has 1 aliphatic heterocycles. The number of aromatic nitrogens is 1. The van der Waals surface area contributed by atoms with E-state index in [1.54, 1.807) is 0 Å². The van der Waals surface area contributed by atoms with Gasteiger partial charge in [-0.05, 0) is 46.6 Å². The summed E-state index contributed by atoms with van der Waals surface area (Å²) in [5.74, 6) is 0. The molecule has 0 saturated carbocycles. The highest BCUT2D eigenvalue weighted by Crippen LogP contribution is 2.25. The van der Waals surface area contributed by atoms with Crippen LogP contribution in [0.2, 0.25) is 0 Å². The molecule has 0 aromatic carbocycles. The summed E-state index contributed by atoms with van der Waals surface area (Å²) in [5.41, 5.74) is 3.81. The molecule has 0 radical (unpaired) electrons. The lowest BCUT2D eigenvalue weighted by molar-refractivity contribution is 0.0819. The zero-order valence-corrected chi connectivity index (χ0v) is 14.1. The maximum atomic E-state index is 5.47. The lowest BCUT2D eigenvalue weighted by Crippen LogP contribution is -2.39. The van der Waals surface area contributed by atoms with E-state index in [1.807, 2.05) is 13.3 Å². The van der Waals surface area contributed by atoms with Gasteiger partial charge in [0.15, 0.2) is 0 Å². The van der Waals surface area contributed by atoms with Gasteiger partial charge in [0.1, 0.15) is 0 Å². The van der Waals surface area contributed by atoms with E-state index < -0.39 is 0 Å². The highest BCUT2D eigenvalue weighted by Gasteiger charge is 2.21. The molecule has 1 aliphatic rings. The first-order chi connectivity index (χ1) is 9.89. The molecule has 1 aromatic heterocycles. The summed E-state index contributed by atoms with van der Waals surface area (Å²) in [6.07, 6.45) is 4.64. The van der Waals surface area contributed by atoms with Crippen molar-refractivity contribution in [2.24, 2.45) is 0 Å². The minimum atomic E-state index is 0.116. The summed E-state index contributed by atoms with van der Waals surface area (Å²) in [6.45, 7) is 11.6. The number of piperidine rings is 1. The number of hydrogen-bond acceptors (Lipinski definition) is 4. The Balaban J connectivity index is 2.12. The fraction of sp³-hybridized carbons (Fsp3) is 0.706. The van der Waals surface area contributed by atoms with Gasteiger partial charge in [0.05, 0.1) is 6.10 Å². The smallest absolute Gasteiger partial charge is 0.0605 e. The first-order valence-electron chi connectivity index (χ1n) is 7.87. The summed E-state index contributed by atoms with van der Waals surface area (Å²) in [4.78, 5) is 6.95. The van der Waals surface area contributed by atoms with E-state index in [2.05, 4.69) is 49.0 Å². The van der Waals surface area contributed by atoms with Gasteiger partial charge in [0.25, 0.3) is 0 Å². The van der Waals surface area contributed by atoms with Crippen LogP contribution in [0.25, 0.3) is 0 Å². The minimum absolute atomic E-state index is 0.116. The molecule has 2 heterocycles. The number of aryl methyl sites for hydroxylation is 1. The second-order valence-corrected chi connectivity index (χ2v) is 6.98. The van der Waals surface area contributed by atoms with Gasteiger partial charge in [0.2, 0.25) is 0 Å². The molecule has 0 amide bonds. The molecule has 0 atom stereocenters. The largest absolute Gasteiger partial charge is 0.381 e. The van der Waals surface area contributed by atoms with Crippen LogP contribution in [0.5, 0.6) is 0 Å². The van der Waals surface area contributed by atoms with Crippen molar-refractivity contribution in [2.75, 3.05) is 25.1 Å². The maximum Gasteiger partial charge on any atom is 0.0605 e. The van der Waals surface area contributed by atoms with E-state index in [4.69, 9.17) is 4.74 Å². The number of anilines is 1. The lowest BCUT2D eigenvalue weighted by Gasteiger charge is -2.34. The molecular formula is C17H29N3O. The molecule has 0 unspecified atom stereocenters. The molecule has 4 heteroatoms. The van der Waals surface area contributed by atoms with Gasteiger partial charge < -0.3 is 15.0 Å². The van der Waals surface area contributed by atoms with E-state index in [0.717, 1.165) is 38.2 Å². The summed E-state index contributed by atoms with van der Waals surface area (Å²) < 4.78 is 5.47. The van der Waals surface area contributed by atoms with Crippen molar-refractivity contribution in [3.05, 3.63) is 23.5 Å². The number of ether oxygens (including phenoxy) is 1. The molecular weight excluding hydrogens is 262 g/mol. The van der Waals surface area contributed by atoms with Crippen molar-refractivity contribution in [3.63, 3.8) is 0 Å². The Kier molecular flexibility index (Phi) is 5.22. The SMILES string of the molecule is COC1CCN(c2cc(C)ncc2CNC(C)(C)C)CC1. The fourth-order valence-corrected chi connectivity index (χ4v) is 2.70. The van der Waals surface area contributed by atoms with Crippen LogP contribution in [0.1, 0.15) is 44.9 Å². The standard InChI is InChI=1S/C17H29N3O/c1-13-10-16(20-8-6-15(21-5)7-9-20)14(11-18-13)12-19-17(2,3)4/h10-11,15,19H,6-9,12H2,1-5H3. The van der Waals surface area contributed by atoms with Crippen LogP contribution >= 0.6 is 0 Å². The monoisotopic (exact) mass is 291 g/mol. The predicted octanol–water partition coefficient (Wildman–Crippen LogP) is 2.89. The van der Waals surface area contributed by atoms with Gasteiger partial charge >= 0.3 is 0 Å². The van der Waals surface area contributed by atoms with Crippen LogP contribution in [0, 0.1) is 6.92 Å². The maximum absolute atomic E-state index is 5.47. The zero-order valence-electron chi connectivity index (χ0n) is 14.1. The summed E-state index contributed by atoms with van der Waals surface area (Å²) in [5, 5.41) is 3.57. The van der Waals surface area contributed by atoms with Gasteiger partial charge in [-0.3, -0.25) is 4.98 Å². The van der Waals surface area contributed by atoms with Crippen LogP contribution in [0.4, 0.5) is 5.69 Å². The van der Waals surface area contributed by atoms with E-state index in [-0.39, 0.29) is 5.54 Å². The zero-order chi connectivity index (χ0) is 15.5. The van der Waals surface area contributed by atoms with Crippen molar-refractivity contribution in [1.29, 1.82) is 0 Å². The third kappa shape index (κ3) is 4.68. The first-order valence-corrected chi connectivity index (χ1v) is 7.87. The quantitative estimate of drug-likeness (QED) is 0.925. The fourth-order valence-electron chi connectivity index (χ4n) is 2.70. The van der Waals surface area contributed by atoms with Crippen LogP contribution in [-0.4, -0.2) is 36.8 Å². The molecule has 118 valence electrons. The predicted molar refractivity (Wildman–Crippen MR) is 87.8 cm³/mol. The molecule has 21 heavy (non-hydrogen) atoms. The number of nitrogens with zero attached hydrogens (tertiary/aromatic N) is 2. The van der Waals surface area contributed by atoms with Crippen LogP contribution in [-0.2, 0) is 11.3 Å². The van der Waals surface area contributed by atoms with Crippen LogP contribution in [0.15, 0.2) is 12.3 Å². The molecule has 4 nitrogen and oxygen atoms in total. The Morgan fingerprint density at radius 3 is 2.57 bits per heavy atom. The average Bonchev–Trinajstić information content (AvgIpc) is 2.45. The molecule has 1 saturated heterocycles. The molecule has 0 spiro atoms. The van der Waals surface area contributed by atoms with Crippen molar-refractivity contribution in [1.82, 2.24) is 10.3 Å². The number of pyridine rings is 1. The highest BCUT2D eigenvalue weighted by molar-refractivity contribution is 5.54. The van der Waals surface area contributed by atoms with E-state index in [0.29, 0.717) is 6.10 Å². The summed E-state index contributed by atoms with van der Waals surface area (Å²) in [7, 11) is 1.82. The molecule has 0 bridgehead atoms. The Hall–Kier alpha value is -1.13. The summed E-state index contributed by atoms with van der Waals surface area (Å²) >= 11 is 0. The lowest BCUT2D eigenvalue weighted by atomic mass is 10.0. The van der Waals surface area contributed by atoms with Gasteiger partial charge in [-0.15, -0.1) is 0 Å². The topological polar surface area (TPSA) is 37.4 Å². The second-order valence-electron chi connectivity index (χ2n) is 6.98. The van der Waals surface area contributed by atoms with E-state index in [1.165, 1.54) is 11.3 Å². The normalized spacial score (nSPS) is 17.3. The molecule has 0 aliphatic carbocycles. The average molecular weight is 291 g/mol. The minimum Gasteiger partial charge on any atom is -0.381 e. The van der Waals surface area contributed by atoms with Gasteiger partial charge in [-0.1, -0.05) is 0 Å². The number of methoxy groups -OCH3 is 1. The second kappa shape index (κ2) is 6.75. The number of hydrogen-bond donors (Lipinski definition) is 1.